The average Bonchev–Trinajstić information content (AvgIpc) is 2.87. The molecule has 7 heteroatoms. The fourth-order valence-electron chi connectivity index (χ4n) is 1.89. The van der Waals surface area contributed by atoms with Crippen molar-refractivity contribution in [3.05, 3.63) is 56.4 Å². The summed E-state index contributed by atoms with van der Waals surface area (Å²) in [5.74, 6) is -0.508. The van der Waals surface area contributed by atoms with E-state index in [1.807, 2.05) is 5.38 Å². The summed E-state index contributed by atoms with van der Waals surface area (Å²) in [6, 6.07) is 7.07. The summed E-state index contributed by atoms with van der Waals surface area (Å²) in [6.07, 6.45) is 0. The van der Waals surface area contributed by atoms with Crippen molar-refractivity contribution in [3.63, 3.8) is 0 Å². The largest absolute Gasteiger partial charge is 0.493 e. The highest BCUT2D eigenvalue weighted by Gasteiger charge is 2.14. The molecule has 1 aromatic carbocycles. The SMILES string of the molecule is O=c1[nH]c(-c2cc(Br)cs2)nc(O)c1-c1ccc(F)cc1. The van der Waals surface area contributed by atoms with Crippen LogP contribution in [0.2, 0.25) is 0 Å². The standard InChI is InChI=1S/C14H8BrFN2O2S/c15-8-5-10(21-6-8)12-17-13(19)11(14(20)18-12)7-1-3-9(16)4-2-7/h1-6H,(H2,17,18,19,20). The zero-order valence-corrected chi connectivity index (χ0v) is 12.8. The minimum Gasteiger partial charge on any atom is -0.493 e. The van der Waals surface area contributed by atoms with Gasteiger partial charge in [0.1, 0.15) is 11.4 Å². The topological polar surface area (TPSA) is 66.0 Å². The van der Waals surface area contributed by atoms with Crippen molar-refractivity contribution >= 4 is 27.3 Å². The lowest BCUT2D eigenvalue weighted by molar-refractivity contribution is 0.454. The second-order valence-electron chi connectivity index (χ2n) is 4.25. The van der Waals surface area contributed by atoms with E-state index >= 15 is 0 Å². The Bertz CT molecular complexity index is 858. The number of hydrogen-bond donors (Lipinski definition) is 2. The van der Waals surface area contributed by atoms with E-state index in [9.17, 15) is 14.3 Å². The van der Waals surface area contributed by atoms with Crippen molar-refractivity contribution in [2.24, 2.45) is 0 Å². The van der Waals surface area contributed by atoms with Gasteiger partial charge in [0.05, 0.1) is 4.88 Å². The molecule has 3 aromatic rings. The lowest BCUT2D eigenvalue weighted by Gasteiger charge is -2.05. The smallest absolute Gasteiger partial charge is 0.262 e. The molecule has 4 nitrogen and oxygen atoms in total. The Hall–Kier alpha value is -1.99. The Labute approximate surface area is 131 Å². The average molecular weight is 367 g/mol. The quantitative estimate of drug-likeness (QED) is 0.725. The van der Waals surface area contributed by atoms with Gasteiger partial charge < -0.3 is 10.1 Å². The molecule has 3 rings (SSSR count). The monoisotopic (exact) mass is 366 g/mol. The second-order valence-corrected chi connectivity index (χ2v) is 6.08. The van der Waals surface area contributed by atoms with Gasteiger partial charge in [-0.15, -0.1) is 11.3 Å². The normalized spacial score (nSPS) is 10.8. The molecular weight excluding hydrogens is 359 g/mol. The summed E-state index contributed by atoms with van der Waals surface area (Å²) in [5.41, 5.74) is -0.0513. The zero-order chi connectivity index (χ0) is 15.0. The van der Waals surface area contributed by atoms with Crippen LogP contribution < -0.4 is 5.56 Å². The van der Waals surface area contributed by atoms with Crippen molar-refractivity contribution in [2.75, 3.05) is 0 Å². The Kier molecular flexibility index (Phi) is 3.60. The lowest BCUT2D eigenvalue weighted by atomic mass is 10.1. The van der Waals surface area contributed by atoms with E-state index in [2.05, 4.69) is 25.9 Å². The van der Waals surface area contributed by atoms with E-state index in [1.165, 1.54) is 35.6 Å². The zero-order valence-electron chi connectivity index (χ0n) is 10.4. The number of thiophene rings is 1. The van der Waals surface area contributed by atoms with Gasteiger partial charge in [-0.1, -0.05) is 12.1 Å². The summed E-state index contributed by atoms with van der Waals surface area (Å²) < 4.78 is 13.8. The first-order valence-corrected chi connectivity index (χ1v) is 7.55. The number of nitrogens with zero attached hydrogens (tertiary/aromatic N) is 1. The number of halogens is 2. The molecule has 21 heavy (non-hydrogen) atoms. The second kappa shape index (κ2) is 5.42. The van der Waals surface area contributed by atoms with Crippen molar-refractivity contribution in [1.82, 2.24) is 9.97 Å². The number of aromatic amines is 1. The third-order valence-corrected chi connectivity index (χ3v) is 4.53. The van der Waals surface area contributed by atoms with Crippen LogP contribution in [0.5, 0.6) is 5.88 Å². The highest BCUT2D eigenvalue weighted by Crippen LogP contribution is 2.30. The van der Waals surface area contributed by atoms with E-state index in [1.54, 1.807) is 6.07 Å². The molecule has 0 unspecified atom stereocenters. The van der Waals surface area contributed by atoms with Gasteiger partial charge in [0, 0.05) is 9.85 Å². The molecule has 0 aliphatic rings. The molecule has 0 saturated carbocycles. The molecule has 0 aliphatic heterocycles. The molecule has 0 fully saturated rings. The number of aromatic hydroxyl groups is 1. The maximum absolute atomic E-state index is 12.9. The number of aromatic nitrogens is 2. The summed E-state index contributed by atoms with van der Waals surface area (Å²) in [7, 11) is 0. The van der Waals surface area contributed by atoms with Crippen LogP contribution in [0.15, 0.2) is 45.0 Å². The molecule has 0 saturated heterocycles. The van der Waals surface area contributed by atoms with Crippen LogP contribution in [0.3, 0.4) is 0 Å². The molecule has 0 aliphatic carbocycles. The fraction of sp³-hybridized carbons (Fsp3) is 0. The number of benzene rings is 1. The van der Waals surface area contributed by atoms with Gasteiger partial charge in [0.25, 0.3) is 5.56 Å². The molecule has 0 radical (unpaired) electrons. The molecular formula is C14H8BrFN2O2S. The first kappa shape index (κ1) is 14.0. The van der Waals surface area contributed by atoms with Crippen molar-refractivity contribution in [1.29, 1.82) is 0 Å². The van der Waals surface area contributed by atoms with Gasteiger partial charge in [-0.25, -0.2) is 4.39 Å². The molecule has 0 atom stereocenters. The van der Waals surface area contributed by atoms with E-state index in [4.69, 9.17) is 0 Å². The van der Waals surface area contributed by atoms with Gasteiger partial charge >= 0.3 is 0 Å². The molecule has 0 amide bonds. The molecule has 2 aromatic heterocycles. The Balaban J connectivity index is 2.12. The van der Waals surface area contributed by atoms with Gasteiger partial charge in [-0.2, -0.15) is 4.98 Å². The fourth-order valence-corrected chi connectivity index (χ4v) is 3.26. The highest BCUT2D eigenvalue weighted by molar-refractivity contribution is 9.10. The minimum absolute atomic E-state index is 0.0226. The van der Waals surface area contributed by atoms with Crippen molar-refractivity contribution in [3.8, 4) is 27.7 Å². The Morgan fingerprint density at radius 1 is 1.29 bits per heavy atom. The first-order chi connectivity index (χ1) is 10.0. The Morgan fingerprint density at radius 3 is 2.57 bits per heavy atom. The van der Waals surface area contributed by atoms with Crippen LogP contribution in [-0.2, 0) is 0 Å². The summed E-state index contributed by atoms with van der Waals surface area (Å²) in [6.45, 7) is 0. The van der Waals surface area contributed by atoms with E-state index in [-0.39, 0.29) is 11.4 Å². The lowest BCUT2D eigenvalue weighted by Crippen LogP contribution is -2.11. The minimum atomic E-state index is -0.478. The van der Waals surface area contributed by atoms with Crippen LogP contribution in [0.1, 0.15) is 0 Å². The predicted octanol–water partition coefficient (Wildman–Crippen LogP) is 3.77. The summed E-state index contributed by atoms with van der Waals surface area (Å²) >= 11 is 4.70. The van der Waals surface area contributed by atoms with Gasteiger partial charge in [-0.05, 0) is 39.7 Å². The summed E-state index contributed by atoms with van der Waals surface area (Å²) in [4.78, 5) is 19.5. The van der Waals surface area contributed by atoms with E-state index < -0.39 is 11.4 Å². The third-order valence-electron chi connectivity index (χ3n) is 2.83. The van der Waals surface area contributed by atoms with Crippen LogP contribution in [0.25, 0.3) is 21.8 Å². The summed E-state index contributed by atoms with van der Waals surface area (Å²) in [5, 5.41) is 11.9. The van der Waals surface area contributed by atoms with Crippen molar-refractivity contribution < 1.29 is 9.50 Å². The first-order valence-electron chi connectivity index (χ1n) is 5.88. The molecule has 2 N–H and O–H groups in total. The van der Waals surface area contributed by atoms with E-state index in [0.29, 0.717) is 11.4 Å². The van der Waals surface area contributed by atoms with Crippen LogP contribution >= 0.6 is 27.3 Å². The number of hydrogen-bond acceptors (Lipinski definition) is 4. The van der Waals surface area contributed by atoms with Crippen LogP contribution in [0.4, 0.5) is 4.39 Å². The number of rotatable bonds is 2. The maximum Gasteiger partial charge on any atom is 0.262 e. The highest BCUT2D eigenvalue weighted by atomic mass is 79.9. The molecule has 2 heterocycles. The van der Waals surface area contributed by atoms with Gasteiger partial charge in [0.2, 0.25) is 5.88 Å². The maximum atomic E-state index is 12.9. The third kappa shape index (κ3) is 2.74. The van der Waals surface area contributed by atoms with E-state index in [0.717, 1.165) is 9.35 Å². The number of H-pyrrole nitrogens is 1. The number of nitrogens with one attached hydrogen (secondary N) is 1. The van der Waals surface area contributed by atoms with Crippen LogP contribution in [0, 0.1) is 5.82 Å². The Morgan fingerprint density at radius 2 is 2.00 bits per heavy atom. The van der Waals surface area contributed by atoms with Gasteiger partial charge in [-0.3, -0.25) is 4.79 Å². The van der Waals surface area contributed by atoms with Crippen molar-refractivity contribution in [2.45, 2.75) is 0 Å². The van der Waals surface area contributed by atoms with Crippen LogP contribution in [-0.4, -0.2) is 15.1 Å². The van der Waals surface area contributed by atoms with Gasteiger partial charge in [0.15, 0.2) is 5.82 Å². The molecule has 0 spiro atoms. The molecule has 106 valence electrons. The molecule has 0 bridgehead atoms. The predicted molar refractivity (Wildman–Crippen MR) is 82.9 cm³/mol.